The van der Waals surface area contributed by atoms with E-state index in [4.69, 9.17) is 23.2 Å². The quantitative estimate of drug-likeness (QED) is 0.229. The van der Waals surface area contributed by atoms with E-state index in [1.807, 2.05) is 0 Å². The van der Waals surface area contributed by atoms with Crippen molar-refractivity contribution in [3.8, 4) is 0 Å². The highest BCUT2D eigenvalue weighted by atomic mass is 35.5. The van der Waals surface area contributed by atoms with E-state index in [1.165, 1.54) is 0 Å². The molecule has 0 spiro atoms. The average Bonchev–Trinajstić information content (AvgIpc) is 1.89. The number of alkyl halides is 2. The first-order chi connectivity index (χ1) is 4.41. The molecule has 0 aromatic heterocycles. The number of rotatable bonds is 6. The predicted octanol–water partition coefficient (Wildman–Crippen LogP) is 0.0628. The van der Waals surface area contributed by atoms with Crippen LogP contribution in [0.5, 0.6) is 0 Å². The topological polar surface area (TPSA) is 36.1 Å². The van der Waals surface area contributed by atoms with E-state index in [9.17, 15) is 0 Å². The summed E-state index contributed by atoms with van der Waals surface area (Å²) >= 11 is 10.6. The summed E-state index contributed by atoms with van der Waals surface area (Å²) in [5, 5.41) is 8.75. The van der Waals surface area contributed by atoms with Gasteiger partial charge in [0, 0.05) is 13.3 Å². The molecule has 56 valence electrons. The van der Waals surface area contributed by atoms with Crippen molar-refractivity contribution in [2.24, 2.45) is 0 Å². The van der Waals surface area contributed by atoms with Crippen molar-refractivity contribution >= 4 is 23.2 Å². The fraction of sp³-hybridized carbons (Fsp3) is 1.00. The minimum Gasteiger partial charge on any atom is -0.292 e. The highest BCUT2D eigenvalue weighted by molar-refractivity contribution is 6.17. The normalized spacial score (nSPS) is 10.0. The van der Waals surface area contributed by atoms with Crippen LogP contribution in [-0.4, -0.2) is 25.3 Å². The Hall–Kier alpha value is 0.460. The van der Waals surface area contributed by atoms with Gasteiger partial charge in [0.15, 0.2) is 0 Å². The Morgan fingerprint density at radius 3 is 1.56 bits per heavy atom. The first kappa shape index (κ1) is 9.46. The lowest BCUT2D eigenvalue weighted by Gasteiger charge is -2.02. The van der Waals surface area contributed by atoms with Crippen molar-refractivity contribution in [2.75, 3.05) is 25.3 Å². The molecule has 0 aromatic rings. The molecule has 0 bridgehead atoms. The van der Waals surface area contributed by atoms with Gasteiger partial charge in [-0.15, -0.1) is 23.2 Å². The maximum atomic E-state index is 5.32. The molecule has 0 rings (SSSR count). The second kappa shape index (κ2) is 8.46. The van der Waals surface area contributed by atoms with Gasteiger partial charge in [-0.3, -0.25) is 16.0 Å². The SMILES string of the molecule is ClCNCNCNCCl. The minimum atomic E-state index is 0.466. The Morgan fingerprint density at radius 2 is 1.22 bits per heavy atom. The summed E-state index contributed by atoms with van der Waals surface area (Å²) in [7, 11) is 0. The van der Waals surface area contributed by atoms with E-state index < -0.39 is 0 Å². The van der Waals surface area contributed by atoms with E-state index in [2.05, 4.69) is 16.0 Å². The van der Waals surface area contributed by atoms with Gasteiger partial charge in [0.2, 0.25) is 0 Å². The van der Waals surface area contributed by atoms with Gasteiger partial charge in [-0.2, -0.15) is 0 Å². The molecule has 0 saturated carbocycles. The van der Waals surface area contributed by atoms with Crippen molar-refractivity contribution in [3.63, 3.8) is 0 Å². The van der Waals surface area contributed by atoms with E-state index in [0.29, 0.717) is 25.3 Å². The molecule has 9 heavy (non-hydrogen) atoms. The molecule has 3 N–H and O–H groups in total. The van der Waals surface area contributed by atoms with Gasteiger partial charge in [-0.05, 0) is 0 Å². The van der Waals surface area contributed by atoms with Crippen LogP contribution in [0.1, 0.15) is 0 Å². The summed E-state index contributed by atoms with van der Waals surface area (Å²) < 4.78 is 0. The first-order valence-electron chi connectivity index (χ1n) is 2.66. The molecule has 5 heteroatoms. The average molecular weight is 172 g/mol. The molecular formula is C4H11Cl2N3. The standard InChI is InChI=1S/C4H11Cl2N3/c5-1-7-3-9-4-8-2-6/h7-9H,1-4H2. The van der Waals surface area contributed by atoms with Gasteiger partial charge >= 0.3 is 0 Å². The third-order valence-corrected chi connectivity index (χ3v) is 1.07. The molecule has 0 fully saturated rings. The molecule has 0 heterocycles. The smallest absolute Gasteiger partial charge is 0.0723 e. The number of hydrogen-bond donors (Lipinski definition) is 3. The molecule has 0 radical (unpaired) electrons. The monoisotopic (exact) mass is 171 g/mol. The van der Waals surface area contributed by atoms with Crippen molar-refractivity contribution < 1.29 is 0 Å². The van der Waals surface area contributed by atoms with E-state index in [1.54, 1.807) is 0 Å². The van der Waals surface area contributed by atoms with Crippen LogP contribution < -0.4 is 16.0 Å². The van der Waals surface area contributed by atoms with Crippen molar-refractivity contribution in [2.45, 2.75) is 0 Å². The van der Waals surface area contributed by atoms with Crippen LogP contribution in [0, 0.1) is 0 Å². The summed E-state index contributed by atoms with van der Waals surface area (Å²) in [6.07, 6.45) is 0. The lowest BCUT2D eigenvalue weighted by molar-refractivity contribution is 0.581. The molecule has 0 amide bonds. The van der Waals surface area contributed by atoms with E-state index >= 15 is 0 Å². The Labute approximate surface area is 65.1 Å². The van der Waals surface area contributed by atoms with Crippen LogP contribution in [0.15, 0.2) is 0 Å². The number of hydrogen-bond acceptors (Lipinski definition) is 3. The third kappa shape index (κ3) is 8.46. The first-order valence-corrected chi connectivity index (χ1v) is 3.72. The second-order valence-corrected chi connectivity index (χ2v) is 1.91. The van der Waals surface area contributed by atoms with Crippen molar-refractivity contribution in [1.29, 1.82) is 0 Å². The van der Waals surface area contributed by atoms with Crippen LogP contribution in [0.3, 0.4) is 0 Å². The summed E-state index contributed by atoms with van der Waals surface area (Å²) in [6.45, 7) is 1.40. The highest BCUT2D eigenvalue weighted by Gasteiger charge is 1.80. The molecule has 0 aliphatic carbocycles. The maximum absolute atomic E-state index is 5.32. The zero-order valence-electron chi connectivity index (χ0n) is 5.08. The van der Waals surface area contributed by atoms with Gasteiger partial charge in [0.1, 0.15) is 0 Å². The predicted molar refractivity (Wildman–Crippen MR) is 40.6 cm³/mol. The maximum Gasteiger partial charge on any atom is 0.0723 e. The minimum absolute atomic E-state index is 0.466. The summed E-state index contributed by atoms with van der Waals surface area (Å²) in [4.78, 5) is 0. The van der Waals surface area contributed by atoms with Crippen LogP contribution >= 0.6 is 23.2 Å². The van der Waals surface area contributed by atoms with Crippen LogP contribution in [-0.2, 0) is 0 Å². The second-order valence-electron chi connectivity index (χ2n) is 1.37. The van der Waals surface area contributed by atoms with Crippen LogP contribution in [0.4, 0.5) is 0 Å². The zero-order chi connectivity index (χ0) is 6.95. The molecule has 3 nitrogen and oxygen atoms in total. The summed E-state index contributed by atoms with van der Waals surface area (Å²) in [6, 6.07) is 0.932. The fourth-order valence-electron chi connectivity index (χ4n) is 0.334. The highest BCUT2D eigenvalue weighted by Crippen LogP contribution is 1.63. The lowest BCUT2D eigenvalue weighted by Crippen LogP contribution is -2.35. The van der Waals surface area contributed by atoms with E-state index in [0.717, 1.165) is 0 Å². The molecule has 0 saturated heterocycles. The van der Waals surface area contributed by atoms with Gasteiger partial charge in [-0.1, -0.05) is 0 Å². The fourth-order valence-corrected chi connectivity index (χ4v) is 0.523. The molecule has 0 unspecified atom stereocenters. The molecule has 0 aliphatic heterocycles. The Kier molecular flexibility index (Phi) is 8.89. The largest absolute Gasteiger partial charge is 0.292 e. The Balaban J connectivity index is 2.60. The van der Waals surface area contributed by atoms with Crippen LogP contribution in [0.2, 0.25) is 0 Å². The Morgan fingerprint density at radius 1 is 0.778 bits per heavy atom. The number of halogens is 2. The van der Waals surface area contributed by atoms with Crippen molar-refractivity contribution in [1.82, 2.24) is 16.0 Å². The molecule has 0 atom stereocenters. The molecule has 0 aromatic carbocycles. The van der Waals surface area contributed by atoms with E-state index in [-0.39, 0.29) is 0 Å². The van der Waals surface area contributed by atoms with Gasteiger partial charge in [-0.25, -0.2) is 0 Å². The van der Waals surface area contributed by atoms with Gasteiger partial charge in [0.25, 0.3) is 0 Å². The number of nitrogens with one attached hydrogen (secondary N) is 3. The zero-order valence-corrected chi connectivity index (χ0v) is 6.60. The Bertz CT molecular complexity index is 47.1. The van der Waals surface area contributed by atoms with Gasteiger partial charge < -0.3 is 0 Å². The molecular weight excluding hydrogens is 161 g/mol. The third-order valence-electron chi connectivity index (χ3n) is 0.689. The lowest BCUT2D eigenvalue weighted by atomic mass is 10.9. The summed E-state index contributed by atoms with van der Waals surface area (Å²) in [5.74, 6) is 0. The van der Waals surface area contributed by atoms with Crippen molar-refractivity contribution in [3.05, 3.63) is 0 Å². The van der Waals surface area contributed by atoms with Crippen LogP contribution in [0.25, 0.3) is 0 Å². The summed E-state index contributed by atoms with van der Waals surface area (Å²) in [5.41, 5.74) is 0. The van der Waals surface area contributed by atoms with Gasteiger partial charge in [0.05, 0.1) is 12.0 Å². The molecule has 0 aliphatic rings.